The number of aromatic hydroxyl groups is 1. The van der Waals surface area contributed by atoms with Gasteiger partial charge in [-0.1, -0.05) is 6.07 Å². The molecule has 0 radical (unpaired) electrons. The Bertz CT molecular complexity index is 415. The van der Waals surface area contributed by atoms with Crippen molar-refractivity contribution < 1.29 is 9.90 Å². The van der Waals surface area contributed by atoms with Crippen LogP contribution in [0.5, 0.6) is 5.75 Å². The van der Waals surface area contributed by atoms with E-state index in [0.717, 1.165) is 17.5 Å². The first-order valence-corrected chi connectivity index (χ1v) is 4.94. The van der Waals surface area contributed by atoms with Crippen molar-refractivity contribution in [2.45, 2.75) is 19.9 Å². The summed E-state index contributed by atoms with van der Waals surface area (Å²) in [6.45, 7) is 2.83. The molecule has 0 saturated heterocycles. The van der Waals surface area contributed by atoms with E-state index in [1.807, 2.05) is 6.07 Å². The van der Waals surface area contributed by atoms with E-state index in [1.54, 1.807) is 17.9 Å². The standard InChI is InChI=1S/C11H14N2O2/c1-7(14)13-5-4-9-8(6-13)2-3-10(15)11(9)12/h2-3,15H,4-6,12H2,1H3. The van der Waals surface area contributed by atoms with Crippen LogP contribution in [0, 0.1) is 0 Å². The molecule has 0 unspecified atom stereocenters. The number of hydrogen-bond acceptors (Lipinski definition) is 3. The van der Waals surface area contributed by atoms with Crippen molar-refractivity contribution in [1.82, 2.24) is 4.90 Å². The Kier molecular flexibility index (Phi) is 2.26. The van der Waals surface area contributed by atoms with E-state index in [4.69, 9.17) is 5.73 Å². The van der Waals surface area contributed by atoms with Crippen molar-refractivity contribution in [1.29, 1.82) is 0 Å². The smallest absolute Gasteiger partial charge is 0.219 e. The van der Waals surface area contributed by atoms with Crippen LogP contribution < -0.4 is 5.73 Å². The third-order valence-electron chi connectivity index (χ3n) is 2.87. The lowest BCUT2D eigenvalue weighted by molar-refractivity contribution is -0.129. The van der Waals surface area contributed by atoms with Crippen LogP contribution in [0.4, 0.5) is 5.69 Å². The van der Waals surface area contributed by atoms with Crippen LogP contribution in [0.2, 0.25) is 0 Å². The van der Waals surface area contributed by atoms with Gasteiger partial charge in [-0.3, -0.25) is 4.79 Å². The summed E-state index contributed by atoms with van der Waals surface area (Å²) >= 11 is 0. The second-order valence-corrected chi connectivity index (χ2v) is 3.83. The number of rotatable bonds is 0. The molecule has 15 heavy (non-hydrogen) atoms. The summed E-state index contributed by atoms with van der Waals surface area (Å²) in [6, 6.07) is 3.41. The predicted molar refractivity (Wildman–Crippen MR) is 57.3 cm³/mol. The summed E-state index contributed by atoms with van der Waals surface area (Å²) in [5.74, 6) is 0.206. The highest BCUT2D eigenvalue weighted by Gasteiger charge is 2.20. The van der Waals surface area contributed by atoms with Gasteiger partial charge in [0, 0.05) is 20.0 Å². The van der Waals surface area contributed by atoms with Crippen LogP contribution in [0.1, 0.15) is 18.1 Å². The summed E-state index contributed by atoms with van der Waals surface area (Å²) < 4.78 is 0. The van der Waals surface area contributed by atoms with Crippen LogP contribution in [0.25, 0.3) is 0 Å². The fraction of sp³-hybridized carbons (Fsp3) is 0.364. The topological polar surface area (TPSA) is 66.6 Å². The molecule has 1 amide bonds. The third kappa shape index (κ3) is 1.63. The first-order valence-electron chi connectivity index (χ1n) is 4.94. The minimum absolute atomic E-state index is 0.0762. The van der Waals surface area contributed by atoms with Crippen molar-refractivity contribution >= 4 is 11.6 Å². The summed E-state index contributed by atoms with van der Waals surface area (Å²) in [4.78, 5) is 13.0. The Balaban J connectivity index is 2.36. The quantitative estimate of drug-likeness (QED) is 0.489. The SMILES string of the molecule is CC(=O)N1CCc2c(ccc(O)c2N)C1. The lowest BCUT2D eigenvalue weighted by Gasteiger charge is -2.28. The number of nitrogen functional groups attached to an aromatic ring is 1. The molecule has 2 rings (SSSR count). The van der Waals surface area contributed by atoms with Gasteiger partial charge in [0.15, 0.2) is 0 Å². The Morgan fingerprint density at radius 2 is 2.27 bits per heavy atom. The molecule has 1 aliphatic rings. The van der Waals surface area contributed by atoms with Crippen LogP contribution in [0.15, 0.2) is 12.1 Å². The van der Waals surface area contributed by atoms with Gasteiger partial charge in [0.2, 0.25) is 5.91 Å². The molecule has 4 nitrogen and oxygen atoms in total. The molecule has 4 heteroatoms. The minimum atomic E-state index is 0.0762. The number of carbonyl (C=O) groups is 1. The Morgan fingerprint density at radius 1 is 1.53 bits per heavy atom. The van der Waals surface area contributed by atoms with Crippen molar-refractivity contribution in [3.8, 4) is 5.75 Å². The van der Waals surface area contributed by atoms with Gasteiger partial charge in [0.25, 0.3) is 0 Å². The number of nitrogens with zero attached hydrogens (tertiary/aromatic N) is 1. The molecule has 0 aliphatic carbocycles. The fourth-order valence-corrected chi connectivity index (χ4v) is 1.94. The maximum Gasteiger partial charge on any atom is 0.219 e. The van der Waals surface area contributed by atoms with Gasteiger partial charge < -0.3 is 15.7 Å². The summed E-state index contributed by atoms with van der Waals surface area (Å²) in [6.07, 6.45) is 0.717. The van der Waals surface area contributed by atoms with E-state index in [-0.39, 0.29) is 11.7 Å². The first kappa shape index (κ1) is 9.83. The predicted octanol–water partition coefficient (Wildman–Crippen LogP) is 0.879. The van der Waals surface area contributed by atoms with Crippen molar-refractivity contribution in [2.24, 2.45) is 0 Å². The number of phenols is 1. The third-order valence-corrected chi connectivity index (χ3v) is 2.87. The number of hydrogen-bond donors (Lipinski definition) is 2. The molecule has 0 saturated carbocycles. The lowest BCUT2D eigenvalue weighted by atomic mass is 9.97. The molecule has 0 fully saturated rings. The first-order chi connectivity index (χ1) is 7.09. The van der Waals surface area contributed by atoms with E-state index in [9.17, 15) is 9.90 Å². The van der Waals surface area contributed by atoms with Gasteiger partial charge in [-0.25, -0.2) is 0 Å². The number of carbonyl (C=O) groups excluding carboxylic acids is 1. The number of amides is 1. The van der Waals surface area contributed by atoms with Crippen LogP contribution in [0.3, 0.4) is 0 Å². The van der Waals surface area contributed by atoms with E-state index < -0.39 is 0 Å². The Labute approximate surface area is 88.3 Å². The van der Waals surface area contributed by atoms with Gasteiger partial charge in [0.05, 0.1) is 5.69 Å². The number of fused-ring (bicyclic) bond motifs is 1. The fourth-order valence-electron chi connectivity index (χ4n) is 1.94. The molecule has 3 N–H and O–H groups in total. The second-order valence-electron chi connectivity index (χ2n) is 3.83. The molecule has 1 aromatic rings. The van der Waals surface area contributed by atoms with Crippen LogP contribution >= 0.6 is 0 Å². The van der Waals surface area contributed by atoms with Crippen molar-refractivity contribution in [2.75, 3.05) is 12.3 Å². The maximum atomic E-state index is 11.2. The highest BCUT2D eigenvalue weighted by atomic mass is 16.3. The number of anilines is 1. The Hall–Kier alpha value is -1.71. The van der Waals surface area contributed by atoms with Crippen molar-refractivity contribution in [3.63, 3.8) is 0 Å². The van der Waals surface area contributed by atoms with Crippen molar-refractivity contribution in [3.05, 3.63) is 23.3 Å². The van der Waals surface area contributed by atoms with E-state index in [1.165, 1.54) is 0 Å². The highest BCUT2D eigenvalue weighted by Crippen LogP contribution is 2.30. The molecule has 1 aliphatic heterocycles. The molecule has 0 spiro atoms. The van der Waals surface area contributed by atoms with Gasteiger partial charge in [-0.2, -0.15) is 0 Å². The van der Waals surface area contributed by atoms with Gasteiger partial charge in [0.1, 0.15) is 5.75 Å². The van der Waals surface area contributed by atoms with Gasteiger partial charge in [-0.05, 0) is 23.6 Å². The largest absolute Gasteiger partial charge is 0.506 e. The summed E-state index contributed by atoms with van der Waals surface area (Å²) in [7, 11) is 0. The molecule has 0 aromatic heterocycles. The minimum Gasteiger partial charge on any atom is -0.506 e. The summed E-state index contributed by atoms with van der Waals surface area (Å²) in [5.41, 5.74) is 8.24. The normalized spacial score (nSPS) is 14.9. The molecule has 0 bridgehead atoms. The molecular formula is C11H14N2O2. The number of phenolic OH excluding ortho intramolecular Hbond substituents is 1. The Morgan fingerprint density at radius 3 is 2.93 bits per heavy atom. The average Bonchev–Trinajstić information content (AvgIpc) is 2.23. The van der Waals surface area contributed by atoms with E-state index in [2.05, 4.69) is 0 Å². The van der Waals surface area contributed by atoms with Crippen LogP contribution in [-0.4, -0.2) is 22.5 Å². The monoisotopic (exact) mass is 206 g/mol. The summed E-state index contributed by atoms with van der Waals surface area (Å²) in [5, 5.41) is 9.44. The molecule has 1 heterocycles. The highest BCUT2D eigenvalue weighted by molar-refractivity contribution is 5.74. The van der Waals surface area contributed by atoms with Crippen LogP contribution in [-0.2, 0) is 17.8 Å². The molecule has 0 atom stereocenters. The average molecular weight is 206 g/mol. The van der Waals surface area contributed by atoms with Gasteiger partial charge in [-0.15, -0.1) is 0 Å². The van der Waals surface area contributed by atoms with E-state index in [0.29, 0.717) is 18.8 Å². The molecular weight excluding hydrogens is 192 g/mol. The second kappa shape index (κ2) is 3.46. The van der Waals surface area contributed by atoms with Gasteiger partial charge >= 0.3 is 0 Å². The zero-order valence-corrected chi connectivity index (χ0v) is 8.66. The maximum absolute atomic E-state index is 11.2. The van der Waals surface area contributed by atoms with E-state index >= 15 is 0 Å². The number of benzene rings is 1. The number of nitrogens with two attached hydrogens (primary N) is 1. The lowest BCUT2D eigenvalue weighted by Crippen LogP contribution is -2.34. The molecule has 1 aromatic carbocycles. The molecule has 80 valence electrons. The zero-order valence-electron chi connectivity index (χ0n) is 8.66. The zero-order chi connectivity index (χ0) is 11.0.